The van der Waals surface area contributed by atoms with Gasteiger partial charge in [0.15, 0.2) is 5.17 Å². The van der Waals surface area contributed by atoms with E-state index in [1.807, 2.05) is 18.2 Å². The van der Waals surface area contributed by atoms with E-state index in [1.165, 1.54) is 0 Å². The first-order chi connectivity index (χ1) is 11.1. The maximum Gasteiger partial charge on any atom is 0.255 e. The van der Waals surface area contributed by atoms with Crippen LogP contribution >= 0.6 is 11.8 Å². The van der Waals surface area contributed by atoms with E-state index in [2.05, 4.69) is 22.2 Å². The molecule has 0 spiro atoms. The number of carbonyl (C=O) groups is 1. The van der Waals surface area contributed by atoms with Gasteiger partial charge in [-0.1, -0.05) is 23.9 Å². The highest BCUT2D eigenvalue weighted by Crippen LogP contribution is 2.35. The van der Waals surface area contributed by atoms with Gasteiger partial charge >= 0.3 is 0 Å². The van der Waals surface area contributed by atoms with Crippen molar-refractivity contribution in [1.29, 1.82) is 0 Å². The zero-order chi connectivity index (χ0) is 16.3. The van der Waals surface area contributed by atoms with Gasteiger partial charge in [-0.3, -0.25) is 14.8 Å². The summed E-state index contributed by atoms with van der Waals surface area (Å²) in [7, 11) is 0. The van der Waals surface area contributed by atoms with Crippen LogP contribution in [0.5, 0.6) is 0 Å². The van der Waals surface area contributed by atoms with E-state index < -0.39 is 0 Å². The van der Waals surface area contributed by atoms with E-state index in [-0.39, 0.29) is 11.4 Å². The van der Waals surface area contributed by atoms with Gasteiger partial charge in [0.05, 0.1) is 17.4 Å². The number of nitrogens with two attached hydrogens (primary N) is 1. The maximum atomic E-state index is 12.4. The van der Waals surface area contributed by atoms with E-state index in [0.717, 1.165) is 17.7 Å². The Kier molecular flexibility index (Phi) is 4.34. The molecular weight excluding hydrogens is 308 g/mol. The van der Waals surface area contributed by atoms with Crippen LogP contribution < -0.4 is 11.1 Å². The minimum Gasteiger partial charge on any atom is -0.379 e. The Morgan fingerprint density at radius 3 is 2.96 bits per heavy atom. The number of aliphatic imine (C=N–C) groups is 1. The van der Waals surface area contributed by atoms with Crippen molar-refractivity contribution in [3.05, 3.63) is 59.9 Å². The molecule has 0 saturated heterocycles. The van der Waals surface area contributed by atoms with Crippen LogP contribution in [-0.4, -0.2) is 21.8 Å². The number of anilines is 1. The van der Waals surface area contributed by atoms with Gasteiger partial charge in [0, 0.05) is 17.5 Å². The summed E-state index contributed by atoms with van der Waals surface area (Å²) in [5.41, 5.74) is 7.77. The van der Waals surface area contributed by atoms with E-state index in [1.54, 1.807) is 42.4 Å². The molecule has 0 bridgehead atoms. The summed E-state index contributed by atoms with van der Waals surface area (Å²) < 4.78 is 0. The Balaban J connectivity index is 1.85. The zero-order valence-corrected chi connectivity index (χ0v) is 13.6. The highest BCUT2D eigenvalue weighted by Gasteiger charge is 2.29. The largest absolute Gasteiger partial charge is 0.379 e. The molecule has 6 heteroatoms. The third-order valence-corrected chi connectivity index (χ3v) is 4.66. The Morgan fingerprint density at radius 2 is 2.22 bits per heavy atom. The van der Waals surface area contributed by atoms with Gasteiger partial charge in [-0.2, -0.15) is 0 Å². The molecule has 118 valence electrons. The molecule has 2 heterocycles. The lowest BCUT2D eigenvalue weighted by molar-refractivity contribution is 0.102. The minimum atomic E-state index is -0.375. The van der Waals surface area contributed by atoms with Gasteiger partial charge in [-0.05, 0) is 43.2 Å². The predicted octanol–water partition coefficient (Wildman–Crippen LogP) is 3.00. The minimum absolute atomic E-state index is 0.161. The summed E-state index contributed by atoms with van der Waals surface area (Å²) in [6.07, 6.45) is 4.18. The normalized spacial score (nSPS) is 20.7. The van der Waals surface area contributed by atoms with E-state index in [9.17, 15) is 4.79 Å². The highest BCUT2D eigenvalue weighted by molar-refractivity contribution is 8.13. The standard InChI is InChI=1S/C17H18N4OS/c1-17(7-9-23-16(18)21-17)13-5-2-4-12(10-13)15(22)20-14-6-3-8-19-11-14/h2-6,8,10-11H,7,9H2,1H3,(H2,18,21)(H,20,22). The van der Waals surface area contributed by atoms with Crippen molar-refractivity contribution in [2.75, 3.05) is 11.1 Å². The number of pyridine rings is 1. The summed E-state index contributed by atoms with van der Waals surface area (Å²) in [6, 6.07) is 11.1. The van der Waals surface area contributed by atoms with Crippen molar-refractivity contribution in [3.63, 3.8) is 0 Å². The molecular formula is C17H18N4OS. The van der Waals surface area contributed by atoms with Crippen molar-refractivity contribution in [1.82, 2.24) is 4.98 Å². The number of amides is 1. The number of hydrogen-bond acceptors (Lipinski definition) is 5. The second-order valence-electron chi connectivity index (χ2n) is 5.60. The number of thioether (sulfide) groups is 1. The molecule has 1 aromatic heterocycles. The Bertz CT molecular complexity index is 747. The third-order valence-electron chi connectivity index (χ3n) is 3.86. The van der Waals surface area contributed by atoms with Crippen LogP contribution in [0.25, 0.3) is 0 Å². The number of nitrogens with zero attached hydrogens (tertiary/aromatic N) is 2. The molecule has 1 aromatic carbocycles. The number of hydrogen-bond donors (Lipinski definition) is 2. The molecule has 1 amide bonds. The molecule has 1 aliphatic rings. The van der Waals surface area contributed by atoms with Gasteiger partial charge in [0.25, 0.3) is 5.91 Å². The summed E-state index contributed by atoms with van der Waals surface area (Å²) in [5.74, 6) is 0.767. The van der Waals surface area contributed by atoms with Crippen molar-refractivity contribution >= 4 is 28.5 Å². The third kappa shape index (κ3) is 3.53. The van der Waals surface area contributed by atoms with Crippen molar-refractivity contribution in [2.45, 2.75) is 18.9 Å². The molecule has 0 saturated carbocycles. The van der Waals surface area contributed by atoms with E-state index >= 15 is 0 Å². The van der Waals surface area contributed by atoms with E-state index in [4.69, 9.17) is 5.73 Å². The van der Waals surface area contributed by atoms with Crippen LogP contribution in [-0.2, 0) is 5.54 Å². The summed E-state index contributed by atoms with van der Waals surface area (Å²) >= 11 is 1.57. The highest BCUT2D eigenvalue weighted by atomic mass is 32.2. The molecule has 0 fully saturated rings. The first-order valence-electron chi connectivity index (χ1n) is 7.37. The average Bonchev–Trinajstić information content (AvgIpc) is 2.56. The van der Waals surface area contributed by atoms with Crippen molar-refractivity contribution < 1.29 is 4.79 Å². The zero-order valence-electron chi connectivity index (χ0n) is 12.8. The molecule has 1 atom stereocenters. The monoisotopic (exact) mass is 326 g/mol. The van der Waals surface area contributed by atoms with Crippen LogP contribution in [0.2, 0.25) is 0 Å². The van der Waals surface area contributed by atoms with Crippen molar-refractivity contribution in [2.24, 2.45) is 10.7 Å². The molecule has 5 nitrogen and oxygen atoms in total. The smallest absolute Gasteiger partial charge is 0.255 e. The summed E-state index contributed by atoms with van der Waals surface area (Å²) in [6.45, 7) is 2.05. The average molecular weight is 326 g/mol. The quantitative estimate of drug-likeness (QED) is 0.908. The lowest BCUT2D eigenvalue weighted by Gasteiger charge is -2.30. The fraction of sp³-hybridized carbons (Fsp3) is 0.235. The molecule has 0 radical (unpaired) electrons. The molecule has 2 aromatic rings. The van der Waals surface area contributed by atoms with Crippen LogP contribution in [0.4, 0.5) is 5.69 Å². The Hall–Kier alpha value is -2.34. The van der Waals surface area contributed by atoms with Crippen LogP contribution in [0.3, 0.4) is 0 Å². The number of nitrogens with one attached hydrogen (secondary N) is 1. The topological polar surface area (TPSA) is 80.4 Å². The SMILES string of the molecule is CC1(c2cccc(C(=O)Nc3cccnc3)c2)CCSC(N)=N1. The van der Waals surface area contributed by atoms with E-state index in [0.29, 0.717) is 16.4 Å². The first-order valence-corrected chi connectivity index (χ1v) is 8.35. The number of rotatable bonds is 3. The molecule has 3 rings (SSSR count). The molecule has 1 aliphatic heterocycles. The van der Waals surface area contributed by atoms with Gasteiger partial charge in [0.1, 0.15) is 0 Å². The lowest BCUT2D eigenvalue weighted by Crippen LogP contribution is -2.29. The number of aromatic nitrogens is 1. The fourth-order valence-corrected chi connectivity index (χ4v) is 3.50. The lowest BCUT2D eigenvalue weighted by atomic mass is 9.88. The maximum absolute atomic E-state index is 12.4. The van der Waals surface area contributed by atoms with Crippen LogP contribution in [0.1, 0.15) is 29.3 Å². The van der Waals surface area contributed by atoms with Gasteiger partial charge in [-0.15, -0.1) is 0 Å². The fourth-order valence-electron chi connectivity index (χ4n) is 2.53. The molecule has 0 aliphatic carbocycles. The van der Waals surface area contributed by atoms with Gasteiger partial charge < -0.3 is 11.1 Å². The van der Waals surface area contributed by atoms with Crippen LogP contribution in [0.15, 0.2) is 53.8 Å². The Labute approximate surface area is 139 Å². The van der Waals surface area contributed by atoms with Crippen LogP contribution in [0, 0.1) is 0 Å². The molecule has 3 N–H and O–H groups in total. The predicted molar refractivity (Wildman–Crippen MR) is 94.7 cm³/mol. The second kappa shape index (κ2) is 6.42. The van der Waals surface area contributed by atoms with Gasteiger partial charge in [0.2, 0.25) is 0 Å². The number of amidine groups is 1. The second-order valence-corrected chi connectivity index (χ2v) is 6.71. The summed E-state index contributed by atoms with van der Waals surface area (Å²) in [5, 5.41) is 3.44. The molecule has 23 heavy (non-hydrogen) atoms. The first kappa shape index (κ1) is 15.6. The molecule has 1 unspecified atom stereocenters. The number of benzene rings is 1. The Morgan fingerprint density at radius 1 is 1.35 bits per heavy atom. The summed E-state index contributed by atoms with van der Waals surface area (Å²) in [4.78, 5) is 21.0. The number of carbonyl (C=O) groups excluding carboxylic acids is 1. The van der Waals surface area contributed by atoms with Crippen molar-refractivity contribution in [3.8, 4) is 0 Å². The van der Waals surface area contributed by atoms with Gasteiger partial charge in [-0.25, -0.2) is 0 Å².